The maximum atomic E-state index is 13.8. The molecule has 6 nitrogen and oxygen atoms in total. The van der Waals surface area contributed by atoms with Crippen LogP contribution in [0.25, 0.3) is 0 Å². The Morgan fingerprint density at radius 1 is 1.03 bits per heavy atom. The highest BCUT2D eigenvalue weighted by molar-refractivity contribution is 7.98. The van der Waals surface area contributed by atoms with Crippen molar-refractivity contribution in [3.8, 4) is 0 Å². The van der Waals surface area contributed by atoms with Crippen LogP contribution in [0, 0.1) is 11.8 Å². The Morgan fingerprint density at radius 2 is 1.82 bits per heavy atom. The first-order chi connectivity index (χ1) is 16.0. The van der Waals surface area contributed by atoms with Gasteiger partial charge in [0, 0.05) is 23.8 Å². The highest BCUT2D eigenvalue weighted by Crippen LogP contribution is 2.53. The normalized spacial score (nSPS) is 27.9. The first kappa shape index (κ1) is 22.2. The summed E-state index contributed by atoms with van der Waals surface area (Å²) in [5.41, 5.74) is 2.53. The summed E-state index contributed by atoms with van der Waals surface area (Å²) in [6.45, 7) is 2.41. The molecule has 7 heteroatoms. The molecule has 0 unspecified atom stereocenters. The Morgan fingerprint density at radius 3 is 2.55 bits per heavy atom. The van der Waals surface area contributed by atoms with E-state index in [0.29, 0.717) is 13.0 Å². The Bertz CT molecular complexity index is 1110. The number of aryl methyl sites for hydroxylation is 1. The highest BCUT2D eigenvalue weighted by atomic mass is 32.2. The van der Waals surface area contributed by atoms with Crippen LogP contribution in [0.1, 0.15) is 30.0 Å². The summed E-state index contributed by atoms with van der Waals surface area (Å²) in [4.78, 5) is 42.3. The molecular weight excluding hydrogens is 434 g/mol. The summed E-state index contributed by atoms with van der Waals surface area (Å²) in [6.07, 6.45) is 4.20. The lowest BCUT2D eigenvalue weighted by molar-refractivity contribution is -0.142. The smallest absolute Gasteiger partial charge is 0.250 e. The molecule has 3 aliphatic rings. The topological polar surface area (TPSA) is 78.5 Å². The quantitative estimate of drug-likeness (QED) is 0.618. The minimum absolute atomic E-state index is 0.149. The molecule has 0 radical (unpaired) electrons. The molecule has 172 valence electrons. The van der Waals surface area contributed by atoms with Crippen LogP contribution in [-0.2, 0) is 32.8 Å². The first-order valence-corrected chi connectivity index (χ1v) is 13.0. The van der Waals surface area contributed by atoms with Crippen LogP contribution in [0.3, 0.4) is 0 Å². The van der Waals surface area contributed by atoms with Gasteiger partial charge in [0.15, 0.2) is 0 Å². The van der Waals surface area contributed by atoms with Gasteiger partial charge in [0.1, 0.15) is 5.54 Å². The highest BCUT2D eigenvalue weighted by Gasteiger charge is 2.70. The van der Waals surface area contributed by atoms with Gasteiger partial charge in [0.05, 0.1) is 11.8 Å². The molecule has 33 heavy (non-hydrogen) atoms. The van der Waals surface area contributed by atoms with Gasteiger partial charge in [-0.15, -0.1) is 0 Å². The van der Waals surface area contributed by atoms with Crippen molar-refractivity contribution in [1.29, 1.82) is 0 Å². The Labute approximate surface area is 198 Å². The second-order valence-corrected chi connectivity index (χ2v) is 10.1. The van der Waals surface area contributed by atoms with Crippen LogP contribution < -0.4 is 10.6 Å². The Kier molecular flexibility index (Phi) is 5.79. The molecule has 2 aromatic carbocycles. The van der Waals surface area contributed by atoms with Gasteiger partial charge < -0.3 is 5.32 Å². The number of nitrogens with zero attached hydrogens (tertiary/aromatic N) is 1. The predicted molar refractivity (Wildman–Crippen MR) is 130 cm³/mol. The van der Waals surface area contributed by atoms with E-state index in [1.807, 2.05) is 54.8 Å². The third-order valence-corrected chi connectivity index (χ3v) is 8.02. The van der Waals surface area contributed by atoms with Crippen molar-refractivity contribution >= 4 is 35.2 Å². The molecule has 2 N–H and O–H groups in total. The van der Waals surface area contributed by atoms with E-state index in [-0.39, 0.29) is 23.8 Å². The molecule has 5 rings (SSSR count). The minimum atomic E-state index is -1.19. The van der Waals surface area contributed by atoms with E-state index >= 15 is 0 Å². The van der Waals surface area contributed by atoms with E-state index in [4.69, 9.17) is 0 Å². The number of rotatable bonds is 7. The number of carbonyl (C=O) groups is 3. The summed E-state index contributed by atoms with van der Waals surface area (Å²) >= 11 is 1.71. The van der Waals surface area contributed by atoms with Crippen molar-refractivity contribution in [2.45, 2.75) is 37.8 Å². The van der Waals surface area contributed by atoms with Crippen molar-refractivity contribution < 1.29 is 14.4 Å². The summed E-state index contributed by atoms with van der Waals surface area (Å²) in [5, 5.41) is 6.51. The van der Waals surface area contributed by atoms with Gasteiger partial charge in [-0.1, -0.05) is 49.4 Å². The summed E-state index contributed by atoms with van der Waals surface area (Å²) in [7, 11) is 0. The van der Waals surface area contributed by atoms with Crippen molar-refractivity contribution in [3.05, 3.63) is 65.2 Å². The third-order valence-electron chi connectivity index (χ3n) is 7.38. The zero-order valence-electron chi connectivity index (χ0n) is 19.0. The number of likely N-dealkylation sites (tertiary alicyclic amines) is 1. The molecule has 2 saturated heterocycles. The third kappa shape index (κ3) is 3.40. The van der Waals surface area contributed by atoms with Gasteiger partial charge in [0.2, 0.25) is 17.7 Å². The lowest BCUT2D eigenvalue weighted by Crippen LogP contribution is -2.53. The molecule has 4 atom stereocenters. The second-order valence-electron chi connectivity index (χ2n) is 9.10. The molecule has 2 fully saturated rings. The minimum Gasteiger partial charge on any atom is -0.324 e. The fourth-order valence-corrected chi connectivity index (χ4v) is 6.22. The first-order valence-electron chi connectivity index (χ1n) is 11.6. The molecule has 0 bridgehead atoms. The molecule has 0 aromatic heterocycles. The van der Waals surface area contributed by atoms with E-state index in [1.54, 1.807) is 11.8 Å². The van der Waals surface area contributed by atoms with Gasteiger partial charge in [-0.05, 0) is 48.5 Å². The molecule has 3 aliphatic heterocycles. The number of carbonyl (C=O) groups excluding carboxylic acids is 3. The van der Waals surface area contributed by atoms with Gasteiger partial charge in [0.25, 0.3) is 0 Å². The maximum Gasteiger partial charge on any atom is 0.250 e. The van der Waals surface area contributed by atoms with Gasteiger partial charge in [-0.2, -0.15) is 11.8 Å². The lowest BCUT2D eigenvalue weighted by atomic mass is 9.76. The predicted octanol–water partition coefficient (Wildman–Crippen LogP) is 2.97. The van der Waals surface area contributed by atoms with Gasteiger partial charge in [-0.3, -0.25) is 24.6 Å². The SMILES string of the molecule is CCc1ccc2c(c1)[C@@]1(N[C@H](CCSC)[C@H]3C(=O)N(CCc4ccccc4)C(=O)[C@@H]31)C(=O)N2. The van der Waals surface area contributed by atoms with Crippen molar-refractivity contribution in [1.82, 2.24) is 10.2 Å². The summed E-state index contributed by atoms with van der Waals surface area (Å²) in [6, 6.07) is 15.6. The van der Waals surface area contributed by atoms with Crippen molar-refractivity contribution in [2.75, 3.05) is 23.9 Å². The number of benzene rings is 2. The monoisotopic (exact) mass is 463 g/mol. The molecular formula is C26H29N3O3S. The summed E-state index contributed by atoms with van der Waals surface area (Å²) in [5.74, 6) is -0.998. The van der Waals surface area contributed by atoms with E-state index in [9.17, 15) is 14.4 Å². The zero-order valence-corrected chi connectivity index (χ0v) is 19.8. The molecule has 0 aliphatic carbocycles. The average Bonchev–Trinajstić information content (AvgIpc) is 3.41. The van der Waals surface area contributed by atoms with Crippen LogP contribution in [0.4, 0.5) is 5.69 Å². The molecule has 3 heterocycles. The molecule has 1 spiro atoms. The largest absolute Gasteiger partial charge is 0.324 e. The van der Waals surface area contributed by atoms with Crippen molar-refractivity contribution in [3.63, 3.8) is 0 Å². The number of hydrogen-bond acceptors (Lipinski definition) is 5. The van der Waals surface area contributed by atoms with Gasteiger partial charge in [-0.25, -0.2) is 0 Å². The maximum absolute atomic E-state index is 13.8. The average molecular weight is 464 g/mol. The van der Waals surface area contributed by atoms with Crippen LogP contribution in [0.2, 0.25) is 0 Å². The van der Waals surface area contributed by atoms with E-state index in [1.165, 1.54) is 4.90 Å². The number of hydrogen-bond donors (Lipinski definition) is 2. The Balaban J connectivity index is 1.53. The van der Waals surface area contributed by atoms with E-state index in [0.717, 1.165) is 41.0 Å². The Hall–Kier alpha value is -2.64. The number of nitrogens with one attached hydrogen (secondary N) is 2. The molecule has 0 saturated carbocycles. The van der Waals surface area contributed by atoms with E-state index < -0.39 is 17.4 Å². The van der Waals surface area contributed by atoms with E-state index in [2.05, 4.69) is 17.6 Å². The van der Waals surface area contributed by atoms with Crippen LogP contribution in [-0.4, -0.2) is 47.2 Å². The number of amides is 3. The number of fused-ring (bicyclic) bond motifs is 4. The number of thioether (sulfide) groups is 1. The number of anilines is 1. The number of imide groups is 1. The standard InChI is InChI=1S/C26H29N3O3S/c1-3-16-9-10-19-18(15-16)26(25(32)27-19)22-21(20(28-26)12-14-33-2)23(30)29(24(22)31)13-11-17-7-5-4-6-8-17/h4-10,15,20-22,28H,3,11-14H2,1-2H3,(H,27,32)/t20-,21-,22-,26+/m1/s1. The lowest BCUT2D eigenvalue weighted by Gasteiger charge is -2.29. The fourth-order valence-electron chi connectivity index (χ4n) is 5.73. The van der Waals surface area contributed by atoms with Crippen LogP contribution in [0.5, 0.6) is 0 Å². The molecule has 3 amide bonds. The summed E-state index contributed by atoms with van der Waals surface area (Å²) < 4.78 is 0. The van der Waals surface area contributed by atoms with Crippen molar-refractivity contribution in [2.24, 2.45) is 11.8 Å². The van der Waals surface area contributed by atoms with Crippen LogP contribution >= 0.6 is 11.8 Å². The second kappa shape index (κ2) is 8.61. The van der Waals surface area contributed by atoms with Gasteiger partial charge >= 0.3 is 0 Å². The molecule has 2 aromatic rings. The zero-order chi connectivity index (χ0) is 23.2. The van der Waals surface area contributed by atoms with Crippen LogP contribution in [0.15, 0.2) is 48.5 Å². The fraction of sp³-hybridized carbons (Fsp3) is 0.423.